The first-order valence-electron chi connectivity index (χ1n) is 6.75. The summed E-state index contributed by atoms with van der Waals surface area (Å²) < 4.78 is 17.1. The molecule has 1 heterocycles. The first-order chi connectivity index (χ1) is 8.99. The summed E-state index contributed by atoms with van der Waals surface area (Å²) in [7, 11) is 0. The van der Waals surface area contributed by atoms with Crippen LogP contribution >= 0.6 is 0 Å². The number of benzene rings is 1. The average molecular weight is 355 g/mol. The molecule has 1 saturated heterocycles. The van der Waals surface area contributed by atoms with Gasteiger partial charge in [0.2, 0.25) is 0 Å². The van der Waals surface area contributed by atoms with Gasteiger partial charge in [0.25, 0.3) is 0 Å². The molecular weight excluding hydrogens is 332 g/mol. The SMILES string of the molecule is CC1CCC1.Cc1ccc([NH-])cc1F.[NH-]C1COC1.[Y]. The maximum absolute atomic E-state index is 12.5. The van der Waals surface area contributed by atoms with Crippen molar-refractivity contribution in [3.05, 3.63) is 41.0 Å². The summed E-state index contributed by atoms with van der Waals surface area (Å²) in [5.41, 5.74) is 14.6. The Morgan fingerprint density at radius 2 is 1.75 bits per heavy atom. The molecule has 3 rings (SSSR count). The number of halogens is 1. The molecule has 0 amide bonds. The fourth-order valence-corrected chi connectivity index (χ4v) is 1.44. The molecule has 111 valence electrons. The Kier molecular flexibility index (Phi) is 10.7. The van der Waals surface area contributed by atoms with E-state index in [0.717, 1.165) is 5.92 Å². The van der Waals surface area contributed by atoms with Gasteiger partial charge in [0.1, 0.15) is 5.82 Å². The molecule has 0 aromatic heterocycles. The normalized spacial score (nSPS) is 17.2. The molecule has 1 saturated carbocycles. The van der Waals surface area contributed by atoms with Gasteiger partial charge in [-0.2, -0.15) is 0 Å². The van der Waals surface area contributed by atoms with Crippen molar-refractivity contribution in [1.82, 2.24) is 0 Å². The summed E-state index contributed by atoms with van der Waals surface area (Å²) in [6.07, 6.45) is 4.46. The molecule has 1 aliphatic heterocycles. The summed E-state index contributed by atoms with van der Waals surface area (Å²) in [5.74, 6) is 0.762. The van der Waals surface area contributed by atoms with Gasteiger partial charge >= 0.3 is 0 Å². The van der Waals surface area contributed by atoms with Crippen molar-refractivity contribution in [2.75, 3.05) is 13.2 Å². The minimum Gasteiger partial charge on any atom is -0.699 e. The van der Waals surface area contributed by atoms with E-state index >= 15 is 0 Å². The van der Waals surface area contributed by atoms with Crippen molar-refractivity contribution in [2.24, 2.45) is 5.92 Å². The van der Waals surface area contributed by atoms with Gasteiger partial charge in [0.05, 0.1) is 0 Å². The monoisotopic (exact) mass is 355 g/mol. The van der Waals surface area contributed by atoms with Gasteiger partial charge in [0, 0.05) is 45.9 Å². The summed E-state index contributed by atoms with van der Waals surface area (Å²) in [4.78, 5) is 0. The van der Waals surface area contributed by atoms with Crippen LogP contribution in [0.3, 0.4) is 0 Å². The third-order valence-corrected chi connectivity index (χ3v) is 3.20. The Balaban J connectivity index is 0.000000282. The van der Waals surface area contributed by atoms with Crippen LogP contribution in [0.5, 0.6) is 0 Å². The molecule has 0 atom stereocenters. The van der Waals surface area contributed by atoms with E-state index in [1.807, 2.05) is 0 Å². The van der Waals surface area contributed by atoms with Crippen LogP contribution in [0.1, 0.15) is 31.7 Å². The van der Waals surface area contributed by atoms with Crippen molar-refractivity contribution in [1.29, 1.82) is 0 Å². The fraction of sp³-hybridized carbons (Fsp3) is 0.600. The van der Waals surface area contributed by atoms with Gasteiger partial charge < -0.3 is 16.2 Å². The second-order valence-corrected chi connectivity index (χ2v) is 5.23. The predicted molar refractivity (Wildman–Crippen MR) is 77.1 cm³/mol. The third kappa shape index (κ3) is 8.30. The molecule has 1 aromatic rings. The van der Waals surface area contributed by atoms with E-state index in [1.165, 1.54) is 25.3 Å². The summed E-state index contributed by atoms with van der Waals surface area (Å²) in [6.45, 7) is 5.29. The zero-order valence-corrected chi connectivity index (χ0v) is 15.1. The van der Waals surface area contributed by atoms with Gasteiger partial charge in [-0.1, -0.05) is 44.4 Å². The number of hydrogen-bond donors (Lipinski definition) is 0. The van der Waals surface area contributed by atoms with Gasteiger partial charge in [-0.05, 0) is 24.5 Å². The van der Waals surface area contributed by atoms with Gasteiger partial charge in [0.15, 0.2) is 0 Å². The van der Waals surface area contributed by atoms with Crippen LogP contribution in [0.4, 0.5) is 10.1 Å². The number of nitrogens with one attached hydrogen (secondary N) is 2. The Morgan fingerprint density at radius 1 is 1.25 bits per heavy atom. The molecule has 5 heteroatoms. The molecule has 1 radical (unpaired) electrons. The van der Waals surface area contributed by atoms with E-state index in [0.29, 0.717) is 18.8 Å². The molecule has 0 unspecified atom stereocenters. The summed E-state index contributed by atoms with van der Waals surface area (Å²) in [6, 6.07) is 4.46. The van der Waals surface area contributed by atoms with Crippen LogP contribution in [0, 0.1) is 18.7 Å². The number of ether oxygens (including phenoxy) is 1. The van der Waals surface area contributed by atoms with Crippen LogP contribution in [0.15, 0.2) is 18.2 Å². The Hall–Kier alpha value is -0.0261. The van der Waals surface area contributed by atoms with Crippen molar-refractivity contribution in [3.63, 3.8) is 0 Å². The largest absolute Gasteiger partial charge is 0.699 e. The molecular formula is C15H23FN2OY-2. The fourth-order valence-electron chi connectivity index (χ4n) is 1.44. The maximum atomic E-state index is 12.5. The minimum atomic E-state index is -0.303. The second-order valence-electron chi connectivity index (χ2n) is 5.23. The number of hydrogen-bond acceptors (Lipinski definition) is 1. The van der Waals surface area contributed by atoms with Gasteiger partial charge in [-0.25, -0.2) is 4.39 Å². The van der Waals surface area contributed by atoms with Crippen LogP contribution in [0.25, 0.3) is 11.5 Å². The Bertz CT molecular complexity index is 370. The van der Waals surface area contributed by atoms with Crippen molar-refractivity contribution in [2.45, 2.75) is 39.2 Å². The average Bonchev–Trinajstić information content (AvgIpc) is 2.31. The molecule has 2 fully saturated rings. The standard InChI is InChI=1S/C7H7FN.C5H10.C3H6NO.Y/c1-5-2-3-6(9)4-7(5)8;1-5-3-2-4-5;4-3-1-5-2-3;/h2-4,9H,1H3;5H,2-4H2,1H3;3-4H,1-2H2;/q-1;;-1;. The number of rotatable bonds is 0. The van der Waals surface area contributed by atoms with E-state index in [-0.39, 0.29) is 50.3 Å². The van der Waals surface area contributed by atoms with Crippen molar-refractivity contribution < 1.29 is 41.8 Å². The Morgan fingerprint density at radius 3 is 1.95 bits per heavy atom. The van der Waals surface area contributed by atoms with Crippen molar-refractivity contribution >= 4 is 5.69 Å². The number of aryl methyl sites for hydroxylation is 1. The van der Waals surface area contributed by atoms with E-state index in [9.17, 15) is 4.39 Å². The Labute approximate surface area is 146 Å². The molecule has 3 nitrogen and oxygen atoms in total. The second kappa shape index (κ2) is 10.7. The van der Waals surface area contributed by atoms with E-state index in [4.69, 9.17) is 11.5 Å². The van der Waals surface area contributed by atoms with Gasteiger partial charge in [-0.15, -0.1) is 5.69 Å². The van der Waals surface area contributed by atoms with E-state index < -0.39 is 0 Å². The molecule has 20 heavy (non-hydrogen) atoms. The first-order valence-corrected chi connectivity index (χ1v) is 6.75. The molecule has 0 bridgehead atoms. The minimum absolute atomic E-state index is 0. The summed E-state index contributed by atoms with van der Waals surface area (Å²) in [5, 5.41) is 0. The maximum Gasteiger partial charge on any atom is 0.124 e. The van der Waals surface area contributed by atoms with Crippen LogP contribution < -0.4 is 0 Å². The quantitative estimate of drug-likeness (QED) is 0.642. The van der Waals surface area contributed by atoms with Gasteiger partial charge in [-0.3, -0.25) is 0 Å². The smallest absolute Gasteiger partial charge is 0.124 e. The first kappa shape index (κ1) is 20.0. The molecule has 0 spiro atoms. The van der Waals surface area contributed by atoms with E-state index in [1.54, 1.807) is 19.1 Å². The zero-order valence-electron chi connectivity index (χ0n) is 12.3. The molecule has 1 aliphatic carbocycles. The van der Waals surface area contributed by atoms with E-state index in [2.05, 4.69) is 11.7 Å². The molecule has 2 N–H and O–H groups in total. The third-order valence-electron chi connectivity index (χ3n) is 3.20. The molecule has 1 aromatic carbocycles. The predicted octanol–water partition coefficient (Wildman–Crippen LogP) is 5.06. The zero-order chi connectivity index (χ0) is 14.3. The van der Waals surface area contributed by atoms with Crippen LogP contribution in [-0.2, 0) is 37.4 Å². The van der Waals surface area contributed by atoms with Crippen LogP contribution in [0.2, 0.25) is 0 Å². The molecule has 2 aliphatic rings. The van der Waals surface area contributed by atoms with Crippen molar-refractivity contribution in [3.8, 4) is 0 Å². The summed E-state index contributed by atoms with van der Waals surface area (Å²) >= 11 is 0. The van der Waals surface area contributed by atoms with Crippen LogP contribution in [-0.4, -0.2) is 19.3 Å². The topological polar surface area (TPSA) is 56.8 Å².